The Morgan fingerprint density at radius 1 is 1.25 bits per heavy atom. The molecule has 106 valence electrons. The number of hydrogen-bond donors (Lipinski definition) is 1. The average Bonchev–Trinajstić information content (AvgIpc) is 2.41. The fourth-order valence-corrected chi connectivity index (χ4v) is 3.21. The van der Waals surface area contributed by atoms with Crippen LogP contribution in [0.5, 0.6) is 0 Å². The van der Waals surface area contributed by atoms with Crippen molar-refractivity contribution in [3.05, 3.63) is 52.6 Å². The molecule has 1 heterocycles. The van der Waals surface area contributed by atoms with Crippen molar-refractivity contribution in [2.45, 2.75) is 11.4 Å². The molecule has 0 atom stereocenters. The number of hydrogen-bond acceptors (Lipinski definition) is 4. The third-order valence-corrected chi connectivity index (χ3v) is 5.19. The number of nitrogens with two attached hydrogens (primary N) is 1. The van der Waals surface area contributed by atoms with Crippen LogP contribution >= 0.6 is 15.9 Å². The second-order valence-electron chi connectivity index (χ2n) is 4.27. The summed E-state index contributed by atoms with van der Waals surface area (Å²) >= 11 is 3.34. The van der Waals surface area contributed by atoms with Gasteiger partial charge in [0, 0.05) is 24.3 Å². The van der Waals surface area contributed by atoms with Crippen LogP contribution in [0.15, 0.2) is 52.0 Å². The minimum atomic E-state index is -3.64. The van der Waals surface area contributed by atoms with Crippen molar-refractivity contribution < 1.29 is 8.42 Å². The van der Waals surface area contributed by atoms with Crippen molar-refractivity contribution in [3.63, 3.8) is 0 Å². The molecule has 0 spiro atoms. The monoisotopic (exact) mass is 355 g/mol. The molecule has 7 heteroatoms. The molecule has 2 aromatic rings. The van der Waals surface area contributed by atoms with Gasteiger partial charge in [0.05, 0.1) is 0 Å². The number of benzene rings is 1. The van der Waals surface area contributed by atoms with E-state index in [1.807, 2.05) is 24.3 Å². The third kappa shape index (κ3) is 3.17. The van der Waals surface area contributed by atoms with Gasteiger partial charge in [-0.2, -0.15) is 4.31 Å². The van der Waals surface area contributed by atoms with Gasteiger partial charge in [-0.3, -0.25) is 0 Å². The van der Waals surface area contributed by atoms with E-state index in [4.69, 9.17) is 5.73 Å². The number of halogens is 1. The fourth-order valence-electron chi connectivity index (χ4n) is 1.72. The number of aromatic nitrogens is 1. The lowest BCUT2D eigenvalue weighted by atomic mass is 10.2. The van der Waals surface area contributed by atoms with Crippen molar-refractivity contribution in [1.82, 2.24) is 9.29 Å². The van der Waals surface area contributed by atoms with Crippen LogP contribution in [-0.4, -0.2) is 24.8 Å². The largest absolute Gasteiger partial charge is 0.383 e. The van der Waals surface area contributed by atoms with Crippen molar-refractivity contribution in [2.75, 3.05) is 12.8 Å². The summed E-state index contributed by atoms with van der Waals surface area (Å²) in [4.78, 5) is 3.84. The molecule has 0 unspecified atom stereocenters. The summed E-state index contributed by atoms with van der Waals surface area (Å²) in [5.41, 5.74) is 6.53. The van der Waals surface area contributed by atoms with Gasteiger partial charge in [0.2, 0.25) is 10.0 Å². The van der Waals surface area contributed by atoms with Gasteiger partial charge >= 0.3 is 0 Å². The Kier molecular flexibility index (Phi) is 4.42. The summed E-state index contributed by atoms with van der Waals surface area (Å²) in [6.07, 6.45) is 1.46. The van der Waals surface area contributed by atoms with Crippen LogP contribution in [0, 0.1) is 0 Å². The van der Waals surface area contributed by atoms with E-state index in [0.717, 1.165) is 10.0 Å². The zero-order chi connectivity index (χ0) is 14.8. The third-order valence-electron chi connectivity index (χ3n) is 2.81. The molecule has 0 bridgehead atoms. The summed E-state index contributed by atoms with van der Waals surface area (Å²) < 4.78 is 27.0. The van der Waals surface area contributed by atoms with E-state index in [0.29, 0.717) is 0 Å². The van der Waals surface area contributed by atoms with Gasteiger partial charge in [0.1, 0.15) is 10.7 Å². The zero-order valence-electron chi connectivity index (χ0n) is 10.8. The molecule has 1 aromatic carbocycles. The van der Waals surface area contributed by atoms with Gasteiger partial charge in [0.25, 0.3) is 0 Å². The first kappa shape index (κ1) is 15.0. The van der Waals surface area contributed by atoms with Crippen LogP contribution in [0.4, 0.5) is 5.82 Å². The van der Waals surface area contributed by atoms with Gasteiger partial charge in [0.15, 0.2) is 0 Å². The van der Waals surface area contributed by atoms with Crippen molar-refractivity contribution in [1.29, 1.82) is 0 Å². The van der Waals surface area contributed by atoms with Crippen LogP contribution in [0.1, 0.15) is 5.56 Å². The summed E-state index contributed by atoms with van der Waals surface area (Å²) in [5.74, 6) is 0.00940. The van der Waals surface area contributed by atoms with Crippen LogP contribution in [-0.2, 0) is 16.6 Å². The minimum Gasteiger partial charge on any atom is -0.383 e. The Balaban J connectivity index is 2.26. The second-order valence-corrected chi connectivity index (χ2v) is 7.20. The zero-order valence-corrected chi connectivity index (χ0v) is 13.2. The van der Waals surface area contributed by atoms with Crippen LogP contribution in [0.3, 0.4) is 0 Å². The van der Waals surface area contributed by atoms with Crippen LogP contribution < -0.4 is 5.73 Å². The van der Waals surface area contributed by atoms with Crippen molar-refractivity contribution in [3.8, 4) is 0 Å². The minimum absolute atomic E-state index is 0.00940. The molecule has 0 fully saturated rings. The molecule has 0 saturated heterocycles. The molecule has 20 heavy (non-hydrogen) atoms. The number of anilines is 1. The predicted octanol–water partition coefficient (Wildman–Crippen LogP) is 2.25. The number of sulfonamides is 1. The molecule has 0 aliphatic carbocycles. The Labute approximate surface area is 126 Å². The van der Waals surface area contributed by atoms with E-state index >= 15 is 0 Å². The lowest BCUT2D eigenvalue weighted by Crippen LogP contribution is -2.27. The number of nitrogen functional groups attached to an aromatic ring is 1. The topological polar surface area (TPSA) is 76.3 Å². The summed E-state index contributed by atoms with van der Waals surface area (Å²) in [6, 6.07) is 10.5. The maximum Gasteiger partial charge on any atom is 0.246 e. The van der Waals surface area contributed by atoms with Crippen molar-refractivity contribution in [2.24, 2.45) is 0 Å². The summed E-state index contributed by atoms with van der Waals surface area (Å²) in [5, 5.41) is 0. The van der Waals surface area contributed by atoms with Gasteiger partial charge in [-0.15, -0.1) is 0 Å². The van der Waals surface area contributed by atoms with E-state index < -0.39 is 10.0 Å². The lowest BCUT2D eigenvalue weighted by molar-refractivity contribution is 0.467. The highest BCUT2D eigenvalue weighted by molar-refractivity contribution is 9.10. The molecule has 2 N–H and O–H groups in total. The van der Waals surface area contributed by atoms with Gasteiger partial charge in [-0.25, -0.2) is 13.4 Å². The Morgan fingerprint density at radius 2 is 1.90 bits per heavy atom. The van der Waals surface area contributed by atoms with Crippen LogP contribution in [0.25, 0.3) is 0 Å². The SMILES string of the molecule is CN(Cc1ccc(Br)cc1)S(=O)(=O)c1cccnc1N. The predicted molar refractivity (Wildman–Crippen MR) is 81.4 cm³/mol. The highest BCUT2D eigenvalue weighted by atomic mass is 79.9. The van der Waals surface area contributed by atoms with Crippen molar-refractivity contribution >= 4 is 31.8 Å². The molecule has 5 nitrogen and oxygen atoms in total. The van der Waals surface area contributed by atoms with Gasteiger partial charge < -0.3 is 5.73 Å². The highest BCUT2D eigenvalue weighted by Crippen LogP contribution is 2.21. The molecular weight excluding hydrogens is 342 g/mol. The molecule has 0 aliphatic rings. The van der Waals surface area contributed by atoms with E-state index in [-0.39, 0.29) is 17.3 Å². The second kappa shape index (κ2) is 5.90. The summed E-state index contributed by atoms with van der Waals surface area (Å²) in [6.45, 7) is 0.268. The van der Waals surface area contributed by atoms with E-state index in [2.05, 4.69) is 20.9 Å². The maximum absolute atomic E-state index is 12.4. The normalized spacial score (nSPS) is 11.8. The van der Waals surface area contributed by atoms with E-state index in [9.17, 15) is 8.42 Å². The molecule has 0 amide bonds. The average molecular weight is 356 g/mol. The number of pyridine rings is 1. The number of rotatable bonds is 4. The van der Waals surface area contributed by atoms with E-state index in [1.165, 1.54) is 23.6 Å². The Bertz CT molecular complexity index is 702. The highest BCUT2D eigenvalue weighted by Gasteiger charge is 2.23. The molecule has 0 saturated carbocycles. The maximum atomic E-state index is 12.4. The van der Waals surface area contributed by atoms with E-state index in [1.54, 1.807) is 6.07 Å². The lowest BCUT2D eigenvalue weighted by Gasteiger charge is -2.18. The molecular formula is C13H14BrN3O2S. The molecule has 2 rings (SSSR count). The van der Waals surface area contributed by atoms with Gasteiger partial charge in [-0.05, 0) is 29.8 Å². The molecule has 0 aliphatic heterocycles. The first-order chi connectivity index (χ1) is 9.41. The first-order valence-corrected chi connectivity index (χ1v) is 8.06. The Morgan fingerprint density at radius 3 is 2.50 bits per heavy atom. The Hall–Kier alpha value is -1.44. The smallest absolute Gasteiger partial charge is 0.246 e. The molecule has 1 aromatic heterocycles. The number of nitrogens with zero attached hydrogens (tertiary/aromatic N) is 2. The quantitative estimate of drug-likeness (QED) is 0.912. The standard InChI is InChI=1S/C13H14BrN3O2S/c1-17(9-10-4-6-11(14)7-5-10)20(18,19)12-3-2-8-16-13(12)15/h2-8H,9H2,1H3,(H2,15,16). The molecule has 0 radical (unpaired) electrons. The van der Waals surface area contributed by atoms with Crippen LogP contribution in [0.2, 0.25) is 0 Å². The first-order valence-electron chi connectivity index (χ1n) is 5.82. The fraction of sp³-hybridized carbons (Fsp3) is 0.154. The summed E-state index contributed by atoms with van der Waals surface area (Å²) in [7, 11) is -2.13. The van der Waals surface area contributed by atoms with Gasteiger partial charge in [-0.1, -0.05) is 28.1 Å².